The third-order valence-electron chi connectivity index (χ3n) is 3.87. The molecule has 0 aromatic heterocycles. The Morgan fingerprint density at radius 1 is 1.25 bits per heavy atom. The van der Waals surface area contributed by atoms with E-state index in [0.29, 0.717) is 0 Å². The maximum Gasteiger partial charge on any atom is -0.0363 e. The summed E-state index contributed by atoms with van der Waals surface area (Å²) in [6, 6.07) is 0. The second-order valence-corrected chi connectivity index (χ2v) is 4.94. The Balaban J connectivity index is 2.44. The van der Waals surface area contributed by atoms with Crippen LogP contribution in [0.15, 0.2) is 0 Å². The van der Waals surface area contributed by atoms with E-state index in [0.717, 1.165) is 23.7 Å². The Morgan fingerprint density at radius 3 is 2.42 bits per heavy atom. The third kappa shape index (κ3) is 2.24. The predicted molar refractivity (Wildman–Crippen MR) is 55.1 cm³/mol. The fourth-order valence-electron chi connectivity index (χ4n) is 2.84. The van der Waals surface area contributed by atoms with Gasteiger partial charge in [-0.3, -0.25) is 0 Å². The molecule has 1 saturated carbocycles. The zero-order chi connectivity index (χ0) is 9.14. The average Bonchev–Trinajstić information content (AvgIpc) is 2.03. The number of hydrogen-bond donors (Lipinski definition) is 0. The van der Waals surface area contributed by atoms with Gasteiger partial charge >= 0.3 is 0 Å². The van der Waals surface area contributed by atoms with Gasteiger partial charge in [0.05, 0.1) is 0 Å². The van der Waals surface area contributed by atoms with Crippen molar-refractivity contribution in [2.24, 2.45) is 23.7 Å². The summed E-state index contributed by atoms with van der Waals surface area (Å²) in [7, 11) is 0. The minimum absolute atomic E-state index is 0.951. The lowest BCUT2D eigenvalue weighted by Gasteiger charge is -2.36. The smallest absolute Gasteiger partial charge is 0.0363 e. The van der Waals surface area contributed by atoms with Crippen molar-refractivity contribution in [3.05, 3.63) is 0 Å². The van der Waals surface area contributed by atoms with Crippen molar-refractivity contribution in [3.8, 4) is 0 Å². The van der Waals surface area contributed by atoms with Gasteiger partial charge in [0.1, 0.15) is 0 Å². The van der Waals surface area contributed by atoms with Crippen molar-refractivity contribution in [2.75, 3.05) is 0 Å². The molecule has 1 fully saturated rings. The van der Waals surface area contributed by atoms with E-state index in [4.69, 9.17) is 0 Å². The lowest BCUT2D eigenvalue weighted by molar-refractivity contribution is 0.147. The van der Waals surface area contributed by atoms with Crippen LogP contribution in [-0.4, -0.2) is 0 Å². The first-order chi connectivity index (χ1) is 5.65. The fourth-order valence-corrected chi connectivity index (χ4v) is 2.84. The summed E-state index contributed by atoms with van der Waals surface area (Å²) in [6.07, 6.45) is 5.79. The minimum Gasteiger partial charge on any atom is -0.0651 e. The van der Waals surface area contributed by atoms with E-state index in [2.05, 4.69) is 27.7 Å². The molecule has 4 atom stereocenters. The first kappa shape index (κ1) is 10.1. The highest BCUT2D eigenvalue weighted by atomic mass is 14.3. The number of hydrogen-bond acceptors (Lipinski definition) is 0. The maximum absolute atomic E-state index is 2.45. The summed E-state index contributed by atoms with van der Waals surface area (Å²) in [5.74, 6) is 3.93. The minimum atomic E-state index is 0.951. The van der Waals surface area contributed by atoms with Crippen molar-refractivity contribution in [1.82, 2.24) is 0 Å². The Bertz CT molecular complexity index is 128. The fraction of sp³-hybridized carbons (Fsp3) is 1.00. The first-order valence-electron chi connectivity index (χ1n) is 5.65. The Morgan fingerprint density at radius 2 is 1.92 bits per heavy atom. The van der Waals surface area contributed by atoms with Crippen LogP contribution in [0.4, 0.5) is 0 Å². The normalized spacial score (nSPS) is 39.5. The third-order valence-corrected chi connectivity index (χ3v) is 3.87. The summed E-state index contributed by atoms with van der Waals surface area (Å²) >= 11 is 0. The van der Waals surface area contributed by atoms with Crippen LogP contribution in [-0.2, 0) is 0 Å². The number of rotatable bonds is 2. The van der Waals surface area contributed by atoms with Crippen LogP contribution < -0.4 is 0 Å². The topological polar surface area (TPSA) is 0 Å². The van der Waals surface area contributed by atoms with Crippen LogP contribution in [0.5, 0.6) is 0 Å². The summed E-state index contributed by atoms with van der Waals surface area (Å²) in [6.45, 7) is 9.61. The monoisotopic (exact) mass is 168 g/mol. The average molecular weight is 168 g/mol. The molecule has 0 N–H and O–H groups in total. The molecule has 0 radical (unpaired) electrons. The van der Waals surface area contributed by atoms with Gasteiger partial charge in [0, 0.05) is 0 Å². The summed E-state index contributed by atoms with van der Waals surface area (Å²) in [4.78, 5) is 0. The highest BCUT2D eigenvalue weighted by molar-refractivity contribution is 4.78. The molecule has 0 bridgehead atoms. The van der Waals surface area contributed by atoms with E-state index in [1.54, 1.807) is 0 Å². The zero-order valence-corrected chi connectivity index (χ0v) is 9.14. The molecule has 0 nitrogen and oxygen atoms in total. The van der Waals surface area contributed by atoms with Crippen LogP contribution >= 0.6 is 0 Å². The molecule has 0 heteroatoms. The van der Waals surface area contributed by atoms with Crippen molar-refractivity contribution >= 4 is 0 Å². The molecule has 4 unspecified atom stereocenters. The molecule has 0 spiro atoms. The largest absolute Gasteiger partial charge is 0.0651 e. The van der Waals surface area contributed by atoms with Crippen LogP contribution in [0.1, 0.15) is 53.4 Å². The Labute approximate surface area is 77.7 Å². The van der Waals surface area contributed by atoms with E-state index in [9.17, 15) is 0 Å². The second kappa shape index (κ2) is 4.30. The Kier molecular flexibility index (Phi) is 3.61. The highest BCUT2D eigenvalue weighted by Crippen LogP contribution is 2.38. The van der Waals surface area contributed by atoms with Crippen molar-refractivity contribution in [2.45, 2.75) is 53.4 Å². The van der Waals surface area contributed by atoms with Crippen LogP contribution in [0.2, 0.25) is 0 Å². The van der Waals surface area contributed by atoms with Gasteiger partial charge in [0.25, 0.3) is 0 Å². The van der Waals surface area contributed by atoms with E-state index < -0.39 is 0 Å². The van der Waals surface area contributed by atoms with Crippen molar-refractivity contribution < 1.29 is 0 Å². The van der Waals surface area contributed by atoms with Gasteiger partial charge in [-0.15, -0.1) is 0 Å². The lowest BCUT2D eigenvalue weighted by atomic mass is 9.70. The second-order valence-electron chi connectivity index (χ2n) is 4.94. The van der Waals surface area contributed by atoms with Crippen LogP contribution in [0.25, 0.3) is 0 Å². The molecule has 0 amide bonds. The molecule has 0 aromatic carbocycles. The summed E-state index contributed by atoms with van der Waals surface area (Å²) < 4.78 is 0. The highest BCUT2D eigenvalue weighted by Gasteiger charge is 2.28. The molecule has 0 aromatic rings. The quantitative estimate of drug-likeness (QED) is 0.582. The van der Waals surface area contributed by atoms with Gasteiger partial charge in [-0.25, -0.2) is 0 Å². The van der Waals surface area contributed by atoms with Gasteiger partial charge in [0.15, 0.2) is 0 Å². The summed E-state index contributed by atoms with van der Waals surface area (Å²) in [5.41, 5.74) is 0. The molecule has 1 aliphatic rings. The molecule has 1 aliphatic carbocycles. The van der Waals surface area contributed by atoms with Crippen molar-refractivity contribution in [1.29, 1.82) is 0 Å². The summed E-state index contributed by atoms with van der Waals surface area (Å²) in [5, 5.41) is 0. The van der Waals surface area contributed by atoms with Crippen LogP contribution in [0, 0.1) is 23.7 Å². The zero-order valence-electron chi connectivity index (χ0n) is 9.14. The van der Waals surface area contributed by atoms with E-state index in [1.807, 2.05) is 0 Å². The van der Waals surface area contributed by atoms with E-state index in [1.165, 1.54) is 25.7 Å². The molecule has 0 saturated heterocycles. The molecular formula is C12H24. The van der Waals surface area contributed by atoms with Crippen LogP contribution in [0.3, 0.4) is 0 Å². The predicted octanol–water partition coefficient (Wildman–Crippen LogP) is 4.10. The molecule has 12 heavy (non-hydrogen) atoms. The first-order valence-corrected chi connectivity index (χ1v) is 5.65. The molecule has 1 rings (SSSR count). The molecule has 0 aliphatic heterocycles. The maximum atomic E-state index is 2.45. The van der Waals surface area contributed by atoms with E-state index >= 15 is 0 Å². The van der Waals surface area contributed by atoms with Gasteiger partial charge in [-0.2, -0.15) is 0 Å². The van der Waals surface area contributed by atoms with Gasteiger partial charge < -0.3 is 0 Å². The molecule has 72 valence electrons. The van der Waals surface area contributed by atoms with Crippen molar-refractivity contribution in [3.63, 3.8) is 0 Å². The lowest BCUT2D eigenvalue weighted by Crippen LogP contribution is -2.26. The SMILES string of the molecule is CCC(C)C1CCC(C)CC1C. The van der Waals surface area contributed by atoms with Gasteiger partial charge in [-0.1, -0.05) is 40.5 Å². The van der Waals surface area contributed by atoms with E-state index in [-0.39, 0.29) is 0 Å². The van der Waals surface area contributed by atoms with Gasteiger partial charge in [-0.05, 0) is 36.5 Å². The standard InChI is InChI=1S/C12H24/c1-5-10(3)12-7-6-9(2)8-11(12)4/h9-12H,5-8H2,1-4H3. The molecular weight excluding hydrogens is 144 g/mol. The van der Waals surface area contributed by atoms with Gasteiger partial charge in [0.2, 0.25) is 0 Å². The molecule has 0 heterocycles. The Hall–Kier alpha value is 0.